The number of nitrogens with one attached hydrogen (secondary N) is 1. The van der Waals surface area contributed by atoms with E-state index < -0.39 is 5.82 Å². The van der Waals surface area contributed by atoms with Crippen LogP contribution in [0.3, 0.4) is 0 Å². The zero-order valence-electron chi connectivity index (χ0n) is 21.9. The molecule has 2 aliphatic rings. The van der Waals surface area contributed by atoms with Crippen LogP contribution in [0.4, 0.5) is 15.2 Å². The molecular formula is C28H30FN7O2S. The van der Waals surface area contributed by atoms with Crippen LogP contribution in [0.5, 0.6) is 0 Å². The number of anilines is 2. The third-order valence-electron chi connectivity index (χ3n) is 7.46. The Labute approximate surface area is 229 Å². The van der Waals surface area contributed by atoms with Crippen molar-refractivity contribution in [1.82, 2.24) is 24.3 Å². The molecule has 0 spiro atoms. The molecule has 1 fully saturated rings. The van der Waals surface area contributed by atoms with Gasteiger partial charge in [0.25, 0.3) is 5.91 Å². The standard InChI is InChI=1S/C28H30FN7O2S/c1-18-15-34(12-13-36(18)25(37)17-35-11-7-19-4-3-9-30-26(19)35)23-6-5-20(29)14-21(23)27(38)32-28-31-22-8-10-33(2)16-24(22)39-28/h3-7,9,11,14,18H,8,10,12-13,15-17H2,1-2H3,(H,31,32,38)/t18-/m1/s1. The molecule has 4 aromatic rings. The molecule has 39 heavy (non-hydrogen) atoms. The van der Waals surface area contributed by atoms with Crippen LogP contribution in [-0.4, -0.2) is 75.4 Å². The molecule has 9 nitrogen and oxygen atoms in total. The van der Waals surface area contributed by atoms with Gasteiger partial charge in [0, 0.05) is 73.5 Å². The number of halogens is 1. The number of fused-ring (bicyclic) bond motifs is 2. The van der Waals surface area contributed by atoms with Gasteiger partial charge < -0.3 is 19.3 Å². The maximum Gasteiger partial charge on any atom is 0.259 e. The van der Waals surface area contributed by atoms with Gasteiger partial charge in [0.05, 0.1) is 11.3 Å². The lowest BCUT2D eigenvalue weighted by atomic mass is 10.1. The van der Waals surface area contributed by atoms with Gasteiger partial charge in [-0.15, -0.1) is 11.3 Å². The minimum absolute atomic E-state index is 0.0146. The van der Waals surface area contributed by atoms with E-state index in [1.54, 1.807) is 12.3 Å². The van der Waals surface area contributed by atoms with Gasteiger partial charge in [0.15, 0.2) is 5.13 Å². The fraction of sp³-hybridized carbons (Fsp3) is 0.357. The maximum absolute atomic E-state index is 14.3. The monoisotopic (exact) mass is 547 g/mol. The Morgan fingerprint density at radius 3 is 2.90 bits per heavy atom. The van der Waals surface area contributed by atoms with Crippen LogP contribution >= 0.6 is 11.3 Å². The van der Waals surface area contributed by atoms with E-state index >= 15 is 0 Å². The highest BCUT2D eigenvalue weighted by Crippen LogP contribution is 2.30. The number of hydrogen-bond donors (Lipinski definition) is 1. The van der Waals surface area contributed by atoms with Crippen LogP contribution in [0.25, 0.3) is 11.0 Å². The molecule has 1 aromatic carbocycles. The highest BCUT2D eigenvalue weighted by Gasteiger charge is 2.30. The zero-order valence-corrected chi connectivity index (χ0v) is 22.7. The summed E-state index contributed by atoms with van der Waals surface area (Å²) < 4.78 is 16.2. The first-order valence-corrected chi connectivity index (χ1v) is 13.9. The number of nitrogens with zero attached hydrogens (tertiary/aromatic N) is 6. The molecule has 0 bridgehead atoms. The summed E-state index contributed by atoms with van der Waals surface area (Å²) in [5.41, 5.74) is 2.71. The van der Waals surface area contributed by atoms with Gasteiger partial charge in [-0.2, -0.15) is 0 Å². The number of piperazine rings is 1. The molecule has 0 radical (unpaired) electrons. The summed E-state index contributed by atoms with van der Waals surface area (Å²) in [5, 5.41) is 4.43. The molecule has 1 saturated heterocycles. The highest BCUT2D eigenvalue weighted by atomic mass is 32.1. The molecule has 5 heterocycles. The molecule has 2 aliphatic heterocycles. The third kappa shape index (κ3) is 5.11. The predicted molar refractivity (Wildman–Crippen MR) is 150 cm³/mol. The van der Waals surface area contributed by atoms with E-state index in [1.807, 2.05) is 40.8 Å². The Bertz CT molecular complexity index is 1550. The van der Waals surface area contributed by atoms with Gasteiger partial charge in [-0.3, -0.25) is 14.9 Å². The zero-order chi connectivity index (χ0) is 27.1. The fourth-order valence-electron chi connectivity index (χ4n) is 5.44. The van der Waals surface area contributed by atoms with E-state index in [2.05, 4.69) is 32.1 Å². The summed E-state index contributed by atoms with van der Waals surface area (Å²) in [7, 11) is 2.06. The van der Waals surface area contributed by atoms with Gasteiger partial charge >= 0.3 is 0 Å². The number of pyridine rings is 1. The fourth-order valence-corrected chi connectivity index (χ4v) is 6.52. The van der Waals surface area contributed by atoms with Gasteiger partial charge in [0.1, 0.15) is 18.0 Å². The minimum Gasteiger partial charge on any atom is -0.367 e. The Morgan fingerprint density at radius 1 is 1.18 bits per heavy atom. The van der Waals surface area contributed by atoms with E-state index in [1.165, 1.54) is 23.5 Å². The molecule has 2 amide bonds. The van der Waals surface area contributed by atoms with Gasteiger partial charge in [-0.1, -0.05) is 0 Å². The Balaban J connectivity index is 1.15. The second-order valence-corrected chi connectivity index (χ2v) is 11.3. The molecule has 0 unspecified atom stereocenters. The first kappa shape index (κ1) is 25.4. The lowest BCUT2D eigenvalue weighted by Crippen LogP contribution is -2.55. The van der Waals surface area contributed by atoms with Gasteiger partial charge in [-0.05, 0) is 50.4 Å². The molecule has 1 N–H and O–H groups in total. The molecule has 0 aliphatic carbocycles. The van der Waals surface area contributed by atoms with Crippen LogP contribution in [0, 0.1) is 5.82 Å². The second kappa shape index (κ2) is 10.4. The van der Waals surface area contributed by atoms with Crippen LogP contribution < -0.4 is 10.2 Å². The van der Waals surface area contributed by atoms with Crippen LogP contribution in [-0.2, 0) is 24.3 Å². The molecule has 11 heteroatoms. The maximum atomic E-state index is 14.3. The summed E-state index contributed by atoms with van der Waals surface area (Å²) in [6.45, 7) is 5.51. The number of hydrogen-bond acceptors (Lipinski definition) is 7. The lowest BCUT2D eigenvalue weighted by Gasteiger charge is -2.41. The summed E-state index contributed by atoms with van der Waals surface area (Å²) in [4.78, 5) is 42.9. The number of amides is 2. The van der Waals surface area contributed by atoms with Crippen molar-refractivity contribution in [3.63, 3.8) is 0 Å². The molecule has 3 aromatic heterocycles. The molecule has 6 rings (SSSR count). The number of thiazole rings is 1. The van der Waals surface area contributed by atoms with E-state index in [0.717, 1.165) is 41.1 Å². The van der Waals surface area contributed by atoms with Crippen molar-refractivity contribution in [3.8, 4) is 0 Å². The lowest BCUT2D eigenvalue weighted by molar-refractivity contribution is -0.134. The summed E-state index contributed by atoms with van der Waals surface area (Å²) >= 11 is 1.47. The number of rotatable bonds is 5. The van der Waals surface area contributed by atoms with E-state index in [-0.39, 0.29) is 30.0 Å². The van der Waals surface area contributed by atoms with E-state index in [4.69, 9.17) is 0 Å². The van der Waals surface area contributed by atoms with E-state index in [9.17, 15) is 14.0 Å². The van der Waals surface area contributed by atoms with Crippen molar-refractivity contribution in [1.29, 1.82) is 0 Å². The highest BCUT2D eigenvalue weighted by molar-refractivity contribution is 7.15. The van der Waals surface area contributed by atoms with Crippen molar-refractivity contribution in [2.45, 2.75) is 32.5 Å². The van der Waals surface area contributed by atoms with Crippen molar-refractivity contribution >= 4 is 45.0 Å². The Kier molecular flexibility index (Phi) is 6.78. The van der Waals surface area contributed by atoms with Crippen LogP contribution in [0.1, 0.15) is 27.9 Å². The second-order valence-electron chi connectivity index (χ2n) is 10.2. The number of benzene rings is 1. The van der Waals surface area contributed by atoms with Crippen molar-refractivity contribution in [3.05, 3.63) is 70.7 Å². The minimum atomic E-state index is -0.474. The Hall–Kier alpha value is -3.83. The van der Waals surface area contributed by atoms with E-state index in [0.29, 0.717) is 30.5 Å². The third-order valence-corrected chi connectivity index (χ3v) is 8.46. The number of likely N-dealkylation sites (N-methyl/N-ethyl adjacent to an activating group) is 1. The quantitative estimate of drug-likeness (QED) is 0.411. The summed E-state index contributed by atoms with van der Waals surface area (Å²) in [6, 6.07) is 10.0. The SMILES string of the molecule is C[C@@H]1CN(c2ccc(F)cc2C(=O)Nc2nc3c(s2)CN(C)CC3)CCN1C(=O)Cn1ccc2cccnc21. The largest absolute Gasteiger partial charge is 0.367 e. The summed E-state index contributed by atoms with van der Waals surface area (Å²) in [5.74, 6) is -0.846. The summed E-state index contributed by atoms with van der Waals surface area (Å²) in [6.07, 6.45) is 4.46. The first-order chi connectivity index (χ1) is 18.9. The molecule has 202 valence electrons. The van der Waals surface area contributed by atoms with Crippen molar-refractivity contribution in [2.24, 2.45) is 0 Å². The molecule has 0 saturated carbocycles. The smallest absolute Gasteiger partial charge is 0.259 e. The topological polar surface area (TPSA) is 86.6 Å². The first-order valence-electron chi connectivity index (χ1n) is 13.1. The van der Waals surface area contributed by atoms with Gasteiger partial charge in [0.2, 0.25) is 5.91 Å². The number of carbonyl (C=O) groups excluding carboxylic acids is 2. The number of carbonyl (C=O) groups is 2. The van der Waals surface area contributed by atoms with Crippen molar-refractivity contribution < 1.29 is 14.0 Å². The molecular weight excluding hydrogens is 517 g/mol. The van der Waals surface area contributed by atoms with Crippen molar-refractivity contribution in [2.75, 3.05) is 43.4 Å². The van der Waals surface area contributed by atoms with Crippen LogP contribution in [0.2, 0.25) is 0 Å². The number of aromatic nitrogens is 3. The average molecular weight is 548 g/mol. The van der Waals surface area contributed by atoms with Crippen LogP contribution in [0.15, 0.2) is 48.8 Å². The predicted octanol–water partition coefficient (Wildman–Crippen LogP) is 3.61. The molecule has 1 atom stereocenters. The Morgan fingerprint density at radius 2 is 2.05 bits per heavy atom. The average Bonchev–Trinajstić information content (AvgIpc) is 3.51. The normalized spacial score (nSPS) is 17.9. The van der Waals surface area contributed by atoms with Gasteiger partial charge in [-0.25, -0.2) is 14.4 Å².